The smallest absolute Gasteiger partial charge is 0.0229 e. The Morgan fingerprint density at radius 3 is 3.08 bits per heavy atom. The van der Waals surface area contributed by atoms with Crippen molar-refractivity contribution in [2.45, 2.75) is 25.3 Å². The molecular weight excluding hydrogens is 166 g/mol. The van der Waals surface area contributed by atoms with Crippen molar-refractivity contribution in [1.29, 1.82) is 0 Å². The molecule has 64 valence electrons. The Hall–Kier alpha value is -0.600. The summed E-state index contributed by atoms with van der Waals surface area (Å²) in [5.74, 6) is 0. The monoisotopic (exact) mass is 179 g/mol. The van der Waals surface area contributed by atoms with Crippen molar-refractivity contribution in [3.8, 4) is 0 Å². The third-order valence-electron chi connectivity index (χ3n) is 2.23. The molecule has 1 atom stereocenters. The first kappa shape index (κ1) is 8.02. The highest BCUT2D eigenvalue weighted by Gasteiger charge is 2.11. The minimum absolute atomic E-state index is 0.319. The Balaban J connectivity index is 2.00. The van der Waals surface area contributed by atoms with Crippen LogP contribution in [-0.2, 0) is 6.42 Å². The fourth-order valence-electron chi connectivity index (χ4n) is 1.61. The molecule has 2 rings (SSSR count). The van der Waals surface area contributed by atoms with Gasteiger partial charge in [0.2, 0.25) is 0 Å². The van der Waals surface area contributed by atoms with Crippen LogP contribution in [0.3, 0.4) is 0 Å². The molecule has 0 radical (unpaired) electrons. The molecule has 0 aromatic carbocycles. The average molecular weight is 179 g/mol. The van der Waals surface area contributed by atoms with Crippen molar-refractivity contribution in [2.24, 2.45) is 5.73 Å². The van der Waals surface area contributed by atoms with Crippen LogP contribution in [0.4, 0.5) is 0 Å². The van der Waals surface area contributed by atoms with Crippen molar-refractivity contribution in [1.82, 2.24) is 0 Å². The van der Waals surface area contributed by atoms with Gasteiger partial charge in [-0.2, -0.15) is 0 Å². The second kappa shape index (κ2) is 3.42. The summed E-state index contributed by atoms with van der Waals surface area (Å²) in [5.41, 5.74) is 7.30. The Morgan fingerprint density at radius 2 is 2.50 bits per heavy atom. The minimum atomic E-state index is 0.319. The van der Waals surface area contributed by atoms with Gasteiger partial charge in [0.15, 0.2) is 0 Å². The molecule has 1 aliphatic carbocycles. The maximum Gasteiger partial charge on any atom is 0.0229 e. The standard InChI is InChI=1S/C10H13NS/c11-9-4-3-8(6-9)7-10-2-1-5-12-10/h1-2,5-6,9H,3-4,7,11H2. The van der Waals surface area contributed by atoms with E-state index in [9.17, 15) is 0 Å². The molecule has 0 bridgehead atoms. The molecule has 0 spiro atoms. The highest BCUT2D eigenvalue weighted by molar-refractivity contribution is 7.09. The van der Waals surface area contributed by atoms with Crippen LogP contribution in [0.1, 0.15) is 17.7 Å². The van der Waals surface area contributed by atoms with E-state index in [1.165, 1.54) is 16.9 Å². The van der Waals surface area contributed by atoms with Gasteiger partial charge in [0.25, 0.3) is 0 Å². The summed E-state index contributed by atoms with van der Waals surface area (Å²) in [4.78, 5) is 1.45. The largest absolute Gasteiger partial charge is 0.324 e. The summed E-state index contributed by atoms with van der Waals surface area (Å²) >= 11 is 1.83. The molecule has 12 heavy (non-hydrogen) atoms. The Morgan fingerprint density at radius 1 is 1.58 bits per heavy atom. The van der Waals surface area contributed by atoms with Crippen LogP contribution in [0, 0.1) is 0 Å². The lowest BCUT2D eigenvalue weighted by Crippen LogP contribution is -2.11. The Kier molecular flexibility index (Phi) is 2.28. The third kappa shape index (κ3) is 1.76. The van der Waals surface area contributed by atoms with Crippen LogP contribution in [-0.4, -0.2) is 6.04 Å². The second-order valence-corrected chi connectivity index (χ2v) is 4.32. The van der Waals surface area contributed by atoms with Crippen LogP contribution in [0.5, 0.6) is 0 Å². The molecular formula is C10H13NS. The number of hydrogen-bond donors (Lipinski definition) is 1. The molecule has 1 aromatic heterocycles. The second-order valence-electron chi connectivity index (χ2n) is 3.28. The van der Waals surface area contributed by atoms with Crippen LogP contribution < -0.4 is 5.73 Å². The van der Waals surface area contributed by atoms with Crippen molar-refractivity contribution >= 4 is 11.3 Å². The molecule has 1 heterocycles. The molecule has 0 saturated carbocycles. The molecule has 2 N–H and O–H groups in total. The predicted octanol–water partition coefficient (Wildman–Crippen LogP) is 2.34. The Labute approximate surface area is 76.9 Å². The van der Waals surface area contributed by atoms with Crippen LogP contribution in [0.2, 0.25) is 0 Å². The molecule has 0 saturated heterocycles. The van der Waals surface area contributed by atoms with Crippen molar-refractivity contribution in [3.05, 3.63) is 34.0 Å². The van der Waals surface area contributed by atoms with E-state index >= 15 is 0 Å². The third-order valence-corrected chi connectivity index (χ3v) is 3.11. The number of hydrogen-bond acceptors (Lipinski definition) is 2. The SMILES string of the molecule is NC1C=C(Cc2cccs2)CC1. The fourth-order valence-corrected chi connectivity index (χ4v) is 2.36. The average Bonchev–Trinajstić information content (AvgIpc) is 2.63. The number of allylic oxidation sites excluding steroid dienone is 1. The quantitative estimate of drug-likeness (QED) is 0.693. The molecule has 0 aliphatic heterocycles. The fraction of sp³-hybridized carbons (Fsp3) is 0.400. The first-order valence-electron chi connectivity index (χ1n) is 4.32. The van der Waals surface area contributed by atoms with Crippen molar-refractivity contribution in [2.75, 3.05) is 0 Å². The normalized spacial score (nSPS) is 22.8. The molecule has 1 unspecified atom stereocenters. The number of thiophene rings is 1. The summed E-state index contributed by atoms with van der Waals surface area (Å²) in [6.45, 7) is 0. The van der Waals surface area contributed by atoms with Crippen LogP contribution in [0.25, 0.3) is 0 Å². The lowest BCUT2D eigenvalue weighted by atomic mass is 10.1. The van der Waals surface area contributed by atoms with E-state index in [0.717, 1.165) is 12.8 Å². The van der Waals surface area contributed by atoms with Gasteiger partial charge in [-0.15, -0.1) is 11.3 Å². The maximum atomic E-state index is 5.78. The van der Waals surface area contributed by atoms with Crippen LogP contribution in [0.15, 0.2) is 29.2 Å². The van der Waals surface area contributed by atoms with Crippen molar-refractivity contribution < 1.29 is 0 Å². The molecule has 0 fully saturated rings. The van der Waals surface area contributed by atoms with Crippen molar-refractivity contribution in [3.63, 3.8) is 0 Å². The van der Waals surface area contributed by atoms with E-state index in [1.54, 1.807) is 0 Å². The van der Waals surface area contributed by atoms with Gasteiger partial charge >= 0.3 is 0 Å². The summed E-state index contributed by atoms with van der Waals surface area (Å²) in [6.07, 6.45) is 5.67. The first-order valence-corrected chi connectivity index (χ1v) is 5.20. The van der Waals surface area contributed by atoms with Gasteiger partial charge in [-0.05, 0) is 24.3 Å². The van der Waals surface area contributed by atoms with E-state index < -0.39 is 0 Å². The van der Waals surface area contributed by atoms with E-state index in [2.05, 4.69) is 23.6 Å². The highest BCUT2D eigenvalue weighted by Crippen LogP contribution is 2.23. The van der Waals surface area contributed by atoms with E-state index in [1.807, 2.05) is 11.3 Å². The van der Waals surface area contributed by atoms with Gasteiger partial charge in [0, 0.05) is 17.3 Å². The summed E-state index contributed by atoms with van der Waals surface area (Å²) in [5, 5.41) is 2.13. The van der Waals surface area contributed by atoms with Gasteiger partial charge in [-0.3, -0.25) is 0 Å². The number of rotatable bonds is 2. The summed E-state index contributed by atoms with van der Waals surface area (Å²) < 4.78 is 0. The molecule has 1 aliphatic rings. The predicted molar refractivity (Wildman–Crippen MR) is 53.3 cm³/mol. The molecule has 1 aromatic rings. The minimum Gasteiger partial charge on any atom is -0.324 e. The molecule has 1 nitrogen and oxygen atoms in total. The van der Waals surface area contributed by atoms with Gasteiger partial charge in [0.05, 0.1) is 0 Å². The topological polar surface area (TPSA) is 26.0 Å². The zero-order chi connectivity index (χ0) is 8.39. The molecule has 2 heteroatoms. The van der Waals surface area contributed by atoms with Gasteiger partial charge in [-0.25, -0.2) is 0 Å². The maximum absolute atomic E-state index is 5.78. The van der Waals surface area contributed by atoms with Gasteiger partial charge < -0.3 is 5.73 Å². The van der Waals surface area contributed by atoms with Gasteiger partial charge in [0.1, 0.15) is 0 Å². The lowest BCUT2D eigenvalue weighted by molar-refractivity contribution is 0.770. The lowest BCUT2D eigenvalue weighted by Gasteiger charge is -1.96. The molecule has 0 amide bonds. The highest BCUT2D eigenvalue weighted by atomic mass is 32.1. The Bertz CT molecular complexity index is 274. The van der Waals surface area contributed by atoms with E-state index in [-0.39, 0.29) is 0 Å². The van der Waals surface area contributed by atoms with E-state index in [0.29, 0.717) is 6.04 Å². The zero-order valence-electron chi connectivity index (χ0n) is 6.99. The van der Waals surface area contributed by atoms with E-state index in [4.69, 9.17) is 5.73 Å². The van der Waals surface area contributed by atoms with Gasteiger partial charge in [-0.1, -0.05) is 17.7 Å². The summed E-state index contributed by atoms with van der Waals surface area (Å²) in [7, 11) is 0. The van der Waals surface area contributed by atoms with Crippen LogP contribution >= 0.6 is 11.3 Å². The first-order chi connectivity index (χ1) is 5.84. The summed E-state index contributed by atoms with van der Waals surface area (Å²) in [6, 6.07) is 4.62. The zero-order valence-corrected chi connectivity index (χ0v) is 7.81. The number of nitrogens with two attached hydrogens (primary N) is 1.